The molecule has 0 aliphatic heterocycles. The summed E-state index contributed by atoms with van der Waals surface area (Å²) in [4.78, 5) is 21.1. The predicted molar refractivity (Wildman–Crippen MR) is 126 cm³/mol. The van der Waals surface area contributed by atoms with Crippen LogP contribution in [-0.2, 0) is 0 Å². The highest BCUT2D eigenvalue weighted by Gasteiger charge is 2.20. The van der Waals surface area contributed by atoms with E-state index in [0.717, 1.165) is 29.7 Å². The molecule has 10 nitrogen and oxygen atoms in total. The third-order valence-electron chi connectivity index (χ3n) is 5.14. The van der Waals surface area contributed by atoms with Crippen molar-refractivity contribution < 1.29 is 30.0 Å². The number of carboxylic acids is 2. The minimum absolute atomic E-state index is 0.0563. The lowest BCUT2D eigenvalue weighted by molar-refractivity contribution is 0.0683. The molecule has 0 aromatic heterocycles. The third-order valence-corrected chi connectivity index (χ3v) is 5.14. The van der Waals surface area contributed by atoms with Crippen molar-refractivity contribution in [1.82, 2.24) is 0 Å². The first kappa shape index (κ1) is 24.7. The number of hydrogen-bond donors (Lipinski definition) is 8. The van der Waals surface area contributed by atoms with Gasteiger partial charge in [-0.25, -0.2) is 9.59 Å². The second-order valence-electron chi connectivity index (χ2n) is 7.12. The number of phenolic OH excluding ortho intramolecular Hbond substituents is 2. The minimum Gasteiger partial charge on any atom is -0.506 e. The van der Waals surface area contributed by atoms with Crippen LogP contribution in [-0.4, -0.2) is 32.4 Å². The number of nitrogens with two attached hydrogens (primary N) is 4. The fourth-order valence-electron chi connectivity index (χ4n) is 3.37. The molecule has 10 heteroatoms. The average Bonchev–Trinajstić information content (AvgIpc) is 2.76. The maximum atomic E-state index is 10.6. The molecule has 0 saturated heterocycles. The summed E-state index contributed by atoms with van der Waals surface area (Å²) in [6.45, 7) is 2.01. The Morgan fingerprint density at radius 2 is 1.06 bits per heavy atom. The number of rotatable bonds is 5. The van der Waals surface area contributed by atoms with Gasteiger partial charge in [0.2, 0.25) is 0 Å². The standard InChI is InChI=1S/C15H18N2O2.C8H8N2O4/c1-2-9(10-5-3-7-12(18)14(10)16)11-6-4-8-13(19)15(11)17;9-5-3(7(11)12)1-2-4(6(5)10)8(13)14/h3-9,18-19H,2,16-17H2,1H3;1-2H,9-10H2,(H,11,12)(H,13,14). The molecule has 0 heterocycles. The molecule has 3 rings (SSSR count). The second-order valence-corrected chi connectivity index (χ2v) is 7.12. The highest BCUT2D eigenvalue weighted by molar-refractivity contribution is 6.03. The Kier molecular flexibility index (Phi) is 7.58. The van der Waals surface area contributed by atoms with E-state index in [-0.39, 0.29) is 39.9 Å². The summed E-state index contributed by atoms with van der Waals surface area (Å²) < 4.78 is 0. The molecule has 3 aromatic carbocycles. The highest BCUT2D eigenvalue weighted by Crippen LogP contribution is 2.39. The fraction of sp³-hybridized carbons (Fsp3) is 0.130. The Bertz CT molecular complexity index is 1110. The van der Waals surface area contributed by atoms with Gasteiger partial charge >= 0.3 is 11.9 Å². The monoisotopic (exact) mass is 454 g/mol. The lowest BCUT2D eigenvalue weighted by Crippen LogP contribution is -2.10. The summed E-state index contributed by atoms with van der Waals surface area (Å²) in [6.07, 6.45) is 0.765. The van der Waals surface area contributed by atoms with E-state index in [0.29, 0.717) is 11.4 Å². The molecule has 0 spiro atoms. The van der Waals surface area contributed by atoms with E-state index >= 15 is 0 Å². The molecule has 3 aromatic rings. The molecule has 0 fully saturated rings. The summed E-state index contributed by atoms with van der Waals surface area (Å²) in [7, 11) is 0. The molecule has 0 saturated carbocycles. The molecule has 0 unspecified atom stereocenters. The van der Waals surface area contributed by atoms with Gasteiger partial charge < -0.3 is 43.4 Å². The van der Waals surface area contributed by atoms with E-state index in [1.54, 1.807) is 24.3 Å². The first-order valence-corrected chi connectivity index (χ1v) is 9.80. The number of anilines is 4. The van der Waals surface area contributed by atoms with Gasteiger partial charge in [0.1, 0.15) is 11.5 Å². The Morgan fingerprint density at radius 1 is 0.697 bits per heavy atom. The maximum Gasteiger partial charge on any atom is 0.337 e. The van der Waals surface area contributed by atoms with E-state index < -0.39 is 11.9 Å². The second kappa shape index (κ2) is 10.1. The summed E-state index contributed by atoms with van der Waals surface area (Å²) in [5.41, 5.74) is 24.1. The Labute approximate surface area is 189 Å². The molecule has 0 bridgehead atoms. The van der Waals surface area contributed by atoms with Crippen LogP contribution < -0.4 is 22.9 Å². The first-order valence-electron chi connectivity index (χ1n) is 9.80. The molecular formula is C23H26N4O6. The van der Waals surface area contributed by atoms with Crippen LogP contribution in [0.15, 0.2) is 48.5 Å². The quantitative estimate of drug-likeness (QED) is 0.208. The Hall–Kier alpha value is -4.60. The lowest BCUT2D eigenvalue weighted by Gasteiger charge is -2.20. The van der Waals surface area contributed by atoms with Crippen LogP contribution in [0.4, 0.5) is 22.7 Å². The van der Waals surface area contributed by atoms with Crippen LogP contribution in [0.3, 0.4) is 0 Å². The van der Waals surface area contributed by atoms with Crippen molar-refractivity contribution in [3.63, 3.8) is 0 Å². The normalized spacial score (nSPS) is 10.4. The van der Waals surface area contributed by atoms with Crippen molar-refractivity contribution in [3.8, 4) is 11.5 Å². The highest BCUT2D eigenvalue weighted by atomic mass is 16.4. The largest absolute Gasteiger partial charge is 0.506 e. The van der Waals surface area contributed by atoms with Crippen LogP contribution in [0.5, 0.6) is 11.5 Å². The zero-order valence-electron chi connectivity index (χ0n) is 17.8. The minimum atomic E-state index is -1.24. The van der Waals surface area contributed by atoms with Gasteiger partial charge in [-0.2, -0.15) is 0 Å². The van der Waals surface area contributed by atoms with Crippen LogP contribution >= 0.6 is 0 Å². The van der Waals surface area contributed by atoms with Gasteiger partial charge in [-0.1, -0.05) is 31.2 Å². The lowest BCUT2D eigenvalue weighted by atomic mass is 9.87. The van der Waals surface area contributed by atoms with Crippen molar-refractivity contribution in [2.45, 2.75) is 19.3 Å². The van der Waals surface area contributed by atoms with Crippen molar-refractivity contribution in [1.29, 1.82) is 0 Å². The van der Waals surface area contributed by atoms with Crippen molar-refractivity contribution in [3.05, 3.63) is 70.8 Å². The van der Waals surface area contributed by atoms with Crippen LogP contribution in [0.2, 0.25) is 0 Å². The number of nitrogen functional groups attached to an aromatic ring is 4. The van der Waals surface area contributed by atoms with E-state index in [4.69, 9.17) is 33.1 Å². The van der Waals surface area contributed by atoms with Crippen molar-refractivity contribution in [2.24, 2.45) is 0 Å². The van der Waals surface area contributed by atoms with Crippen molar-refractivity contribution in [2.75, 3.05) is 22.9 Å². The molecule has 0 atom stereocenters. The number of carbonyl (C=O) groups is 2. The fourth-order valence-corrected chi connectivity index (χ4v) is 3.37. The van der Waals surface area contributed by atoms with Crippen molar-refractivity contribution >= 4 is 34.7 Å². The average molecular weight is 454 g/mol. The summed E-state index contributed by atoms with van der Waals surface area (Å²) in [6, 6.07) is 12.6. The predicted octanol–water partition coefficient (Wildman–Crippen LogP) is 3.05. The molecule has 0 aliphatic carbocycles. The SMILES string of the molecule is CCC(c1cccc(O)c1N)c1cccc(O)c1N.Nc1c(C(=O)O)ccc(C(=O)O)c1N. The number of aromatic hydroxyl groups is 2. The van der Waals surface area contributed by atoms with Gasteiger partial charge in [-0.15, -0.1) is 0 Å². The Morgan fingerprint density at radius 3 is 1.36 bits per heavy atom. The number of benzene rings is 3. The maximum absolute atomic E-state index is 10.6. The van der Waals surface area contributed by atoms with E-state index in [2.05, 4.69) is 0 Å². The third kappa shape index (κ3) is 5.18. The van der Waals surface area contributed by atoms with Crippen LogP contribution in [0.25, 0.3) is 0 Å². The van der Waals surface area contributed by atoms with Gasteiger partial charge in [0, 0.05) is 5.92 Å². The van der Waals surface area contributed by atoms with E-state index in [1.165, 1.54) is 0 Å². The topological polar surface area (TPSA) is 219 Å². The van der Waals surface area contributed by atoms with Gasteiger partial charge in [0.25, 0.3) is 0 Å². The van der Waals surface area contributed by atoms with Gasteiger partial charge in [-0.05, 0) is 41.8 Å². The molecule has 12 N–H and O–H groups in total. The number of hydrogen-bond acceptors (Lipinski definition) is 8. The van der Waals surface area contributed by atoms with Gasteiger partial charge in [0.05, 0.1) is 33.9 Å². The summed E-state index contributed by atoms with van der Waals surface area (Å²) in [5, 5.41) is 36.7. The Balaban J connectivity index is 0.000000245. The van der Waals surface area contributed by atoms with E-state index in [1.807, 2.05) is 19.1 Å². The van der Waals surface area contributed by atoms with Crippen LogP contribution in [0, 0.1) is 0 Å². The molecule has 174 valence electrons. The molecule has 0 aliphatic rings. The zero-order valence-corrected chi connectivity index (χ0v) is 17.8. The van der Waals surface area contributed by atoms with Gasteiger partial charge in [-0.3, -0.25) is 0 Å². The number of phenols is 2. The number of carboxylic acid groups (broad SMARTS) is 2. The number of para-hydroxylation sites is 2. The number of aromatic carboxylic acids is 2. The van der Waals surface area contributed by atoms with Gasteiger partial charge in [0.15, 0.2) is 0 Å². The van der Waals surface area contributed by atoms with E-state index in [9.17, 15) is 19.8 Å². The summed E-state index contributed by atoms with van der Waals surface area (Å²) in [5.74, 6) is -2.42. The van der Waals surface area contributed by atoms with Crippen LogP contribution in [0.1, 0.15) is 51.1 Å². The molecular weight excluding hydrogens is 428 g/mol. The smallest absolute Gasteiger partial charge is 0.337 e. The molecule has 0 amide bonds. The summed E-state index contributed by atoms with van der Waals surface area (Å²) >= 11 is 0. The zero-order chi connectivity index (χ0) is 24.9. The first-order chi connectivity index (χ1) is 15.5. The molecule has 33 heavy (non-hydrogen) atoms. The molecule has 0 radical (unpaired) electrons.